The highest BCUT2D eigenvalue weighted by Gasteiger charge is 2.35. The first kappa shape index (κ1) is 16.4. The molecule has 1 fully saturated rings. The number of hydrogen-bond acceptors (Lipinski definition) is 2. The number of halogens is 3. The minimum absolute atomic E-state index is 0.264. The van der Waals surface area contributed by atoms with Gasteiger partial charge in [-0.25, -0.2) is 0 Å². The summed E-state index contributed by atoms with van der Waals surface area (Å²) >= 11 is 17.7. The highest BCUT2D eigenvalue weighted by atomic mass is 35.5. The van der Waals surface area contributed by atoms with E-state index in [0.717, 1.165) is 12.8 Å². The first-order chi connectivity index (χ1) is 9.90. The molecule has 0 heterocycles. The molecular weight excluding hydrogens is 337 g/mol. The van der Waals surface area contributed by atoms with Crippen molar-refractivity contribution in [2.75, 3.05) is 5.32 Å². The maximum atomic E-state index is 12.3. The summed E-state index contributed by atoms with van der Waals surface area (Å²) in [6.45, 7) is 0. The molecule has 0 bridgehead atoms. The van der Waals surface area contributed by atoms with Gasteiger partial charge in [-0.1, -0.05) is 47.6 Å². The van der Waals surface area contributed by atoms with Gasteiger partial charge >= 0.3 is 5.97 Å². The molecule has 0 spiro atoms. The molecule has 1 saturated carbocycles. The van der Waals surface area contributed by atoms with Gasteiger partial charge in [0.2, 0.25) is 5.91 Å². The average Bonchev–Trinajstić information content (AvgIpc) is 2.44. The maximum Gasteiger partial charge on any atom is 0.307 e. The largest absolute Gasteiger partial charge is 0.481 e. The van der Waals surface area contributed by atoms with Crippen LogP contribution in [0.25, 0.3) is 0 Å². The second kappa shape index (κ2) is 6.86. The Morgan fingerprint density at radius 1 is 1.00 bits per heavy atom. The monoisotopic (exact) mass is 349 g/mol. The number of anilines is 1. The van der Waals surface area contributed by atoms with Gasteiger partial charge in [0.1, 0.15) is 0 Å². The van der Waals surface area contributed by atoms with Crippen LogP contribution in [0, 0.1) is 11.8 Å². The van der Waals surface area contributed by atoms with Gasteiger partial charge in [-0.2, -0.15) is 0 Å². The Balaban J connectivity index is 2.17. The fraction of sp³-hybridized carbons (Fsp3) is 0.429. The number of nitrogens with one attached hydrogen (secondary N) is 1. The van der Waals surface area contributed by atoms with E-state index in [4.69, 9.17) is 34.8 Å². The predicted octanol–water partition coefficient (Wildman–Crippen LogP) is 4.48. The van der Waals surface area contributed by atoms with E-state index >= 15 is 0 Å². The third-order valence-corrected chi connectivity index (χ3v) is 4.72. The Bertz CT molecular complexity index is 577. The van der Waals surface area contributed by atoms with Crippen molar-refractivity contribution < 1.29 is 14.7 Å². The minimum atomic E-state index is -0.935. The number of rotatable bonds is 3. The summed E-state index contributed by atoms with van der Waals surface area (Å²) in [4.78, 5) is 23.6. The van der Waals surface area contributed by atoms with Gasteiger partial charge < -0.3 is 10.4 Å². The lowest BCUT2D eigenvalue weighted by molar-refractivity contribution is -0.147. The molecule has 1 aliphatic carbocycles. The van der Waals surface area contributed by atoms with E-state index in [-0.39, 0.29) is 16.0 Å². The molecule has 0 saturated heterocycles. The molecule has 1 aliphatic rings. The zero-order chi connectivity index (χ0) is 15.6. The maximum absolute atomic E-state index is 12.3. The van der Waals surface area contributed by atoms with Crippen LogP contribution in [0.2, 0.25) is 15.1 Å². The molecule has 0 unspecified atom stereocenters. The second-order valence-corrected chi connectivity index (χ2v) is 6.29. The third-order valence-electron chi connectivity index (χ3n) is 3.69. The Kier molecular flexibility index (Phi) is 5.36. The standard InChI is InChI=1S/C14H14Cl3NO3/c15-9-5-11(17)12(6-10(9)16)18-13(19)7-3-1-2-4-8(7)14(20)21/h5-8H,1-4H2,(H,18,19)(H,20,21)/t7-,8+/m0/s1. The molecule has 1 amide bonds. The number of amides is 1. The molecule has 0 aliphatic heterocycles. The van der Waals surface area contributed by atoms with Crippen LogP contribution in [-0.2, 0) is 9.59 Å². The lowest BCUT2D eigenvalue weighted by Crippen LogP contribution is -2.36. The Morgan fingerprint density at radius 3 is 2.19 bits per heavy atom. The van der Waals surface area contributed by atoms with Gasteiger partial charge in [-0.05, 0) is 25.0 Å². The smallest absolute Gasteiger partial charge is 0.307 e. The first-order valence-electron chi connectivity index (χ1n) is 6.58. The van der Waals surface area contributed by atoms with Gasteiger partial charge in [-0.3, -0.25) is 9.59 Å². The SMILES string of the molecule is O=C(Nc1cc(Cl)c(Cl)cc1Cl)[C@H]1CCCC[C@H]1C(=O)O. The number of hydrogen-bond donors (Lipinski definition) is 2. The molecule has 1 aromatic carbocycles. The molecule has 4 nitrogen and oxygen atoms in total. The molecule has 114 valence electrons. The van der Waals surface area contributed by atoms with E-state index in [1.54, 1.807) is 0 Å². The second-order valence-electron chi connectivity index (χ2n) is 5.07. The van der Waals surface area contributed by atoms with Crippen molar-refractivity contribution in [3.8, 4) is 0 Å². The predicted molar refractivity (Wildman–Crippen MR) is 83.2 cm³/mol. The van der Waals surface area contributed by atoms with Crippen molar-refractivity contribution in [3.05, 3.63) is 27.2 Å². The zero-order valence-electron chi connectivity index (χ0n) is 11.0. The van der Waals surface area contributed by atoms with Crippen LogP contribution in [0.1, 0.15) is 25.7 Å². The highest BCUT2D eigenvalue weighted by Crippen LogP contribution is 2.35. The summed E-state index contributed by atoms with van der Waals surface area (Å²) in [6.07, 6.45) is 2.75. The number of carbonyl (C=O) groups excluding carboxylic acids is 1. The molecule has 2 N–H and O–H groups in total. The Morgan fingerprint density at radius 2 is 1.57 bits per heavy atom. The molecule has 2 atom stereocenters. The highest BCUT2D eigenvalue weighted by molar-refractivity contribution is 6.44. The summed E-state index contributed by atoms with van der Waals surface area (Å²) in [5.41, 5.74) is 0.339. The van der Waals surface area contributed by atoms with Crippen molar-refractivity contribution in [1.82, 2.24) is 0 Å². The average molecular weight is 351 g/mol. The fourth-order valence-corrected chi connectivity index (χ4v) is 3.18. The number of aliphatic carboxylic acids is 1. The summed E-state index contributed by atoms with van der Waals surface area (Å²) < 4.78 is 0. The van der Waals surface area contributed by atoms with Crippen molar-refractivity contribution in [3.63, 3.8) is 0 Å². The van der Waals surface area contributed by atoms with Crippen LogP contribution >= 0.6 is 34.8 Å². The lowest BCUT2D eigenvalue weighted by atomic mass is 9.78. The first-order valence-corrected chi connectivity index (χ1v) is 7.71. The van der Waals surface area contributed by atoms with Crippen molar-refractivity contribution >= 4 is 52.4 Å². The summed E-state index contributed by atoms with van der Waals surface area (Å²) in [5, 5.41) is 12.7. The fourth-order valence-electron chi connectivity index (χ4n) is 2.58. The Hall–Kier alpha value is -0.970. The minimum Gasteiger partial charge on any atom is -0.481 e. The van der Waals surface area contributed by atoms with Crippen LogP contribution in [0.4, 0.5) is 5.69 Å². The summed E-state index contributed by atoms with van der Waals surface area (Å²) in [5.74, 6) is -2.49. The van der Waals surface area contributed by atoms with E-state index < -0.39 is 17.8 Å². The number of carbonyl (C=O) groups is 2. The molecule has 7 heteroatoms. The summed E-state index contributed by atoms with van der Waals surface area (Å²) in [6, 6.07) is 2.90. The van der Waals surface area contributed by atoms with Crippen LogP contribution in [0.3, 0.4) is 0 Å². The van der Waals surface area contributed by atoms with Gasteiger partial charge in [0.25, 0.3) is 0 Å². The Labute approximate surface area is 137 Å². The molecule has 0 aromatic heterocycles. The zero-order valence-corrected chi connectivity index (χ0v) is 13.3. The number of carboxylic acids is 1. The summed E-state index contributed by atoms with van der Waals surface area (Å²) in [7, 11) is 0. The van der Waals surface area contributed by atoms with Crippen molar-refractivity contribution in [2.24, 2.45) is 11.8 Å². The molecule has 1 aromatic rings. The normalized spacial score (nSPS) is 21.9. The van der Waals surface area contributed by atoms with Gasteiger partial charge in [-0.15, -0.1) is 0 Å². The van der Waals surface area contributed by atoms with E-state index in [1.165, 1.54) is 12.1 Å². The van der Waals surface area contributed by atoms with Gasteiger partial charge in [0.15, 0.2) is 0 Å². The molecular formula is C14H14Cl3NO3. The van der Waals surface area contributed by atoms with Crippen LogP contribution < -0.4 is 5.32 Å². The molecule has 21 heavy (non-hydrogen) atoms. The van der Waals surface area contributed by atoms with E-state index in [9.17, 15) is 14.7 Å². The van der Waals surface area contributed by atoms with Crippen LogP contribution in [0.15, 0.2) is 12.1 Å². The van der Waals surface area contributed by atoms with Crippen LogP contribution in [-0.4, -0.2) is 17.0 Å². The van der Waals surface area contributed by atoms with Crippen molar-refractivity contribution in [2.45, 2.75) is 25.7 Å². The van der Waals surface area contributed by atoms with E-state index in [1.807, 2.05) is 0 Å². The molecule has 0 radical (unpaired) electrons. The molecule has 2 rings (SSSR count). The van der Waals surface area contributed by atoms with Crippen molar-refractivity contribution in [1.29, 1.82) is 0 Å². The topological polar surface area (TPSA) is 66.4 Å². The van der Waals surface area contributed by atoms with E-state index in [2.05, 4.69) is 5.32 Å². The quantitative estimate of drug-likeness (QED) is 0.790. The van der Waals surface area contributed by atoms with Gasteiger partial charge in [0, 0.05) is 0 Å². The van der Waals surface area contributed by atoms with Gasteiger partial charge in [0.05, 0.1) is 32.6 Å². The number of carboxylic acid groups (broad SMARTS) is 1. The van der Waals surface area contributed by atoms with E-state index in [0.29, 0.717) is 23.6 Å². The lowest BCUT2D eigenvalue weighted by Gasteiger charge is -2.27. The van der Waals surface area contributed by atoms with Crippen LogP contribution in [0.5, 0.6) is 0 Å². The number of benzene rings is 1. The third kappa shape index (κ3) is 3.82.